The molecule has 0 saturated heterocycles. The lowest BCUT2D eigenvalue weighted by Crippen LogP contribution is -1.77. The van der Waals surface area contributed by atoms with E-state index < -0.39 is 0 Å². The zero-order valence-corrected chi connectivity index (χ0v) is 8.75. The molecule has 14 heavy (non-hydrogen) atoms. The second-order valence-corrected chi connectivity index (χ2v) is 3.83. The normalized spacial score (nSPS) is 10.0. The molecule has 0 radical (unpaired) electrons. The van der Waals surface area contributed by atoms with Crippen molar-refractivity contribution in [2.24, 2.45) is 0 Å². The van der Waals surface area contributed by atoms with E-state index in [4.69, 9.17) is 5.26 Å². The third-order valence-electron chi connectivity index (χ3n) is 2.04. The van der Waals surface area contributed by atoms with Gasteiger partial charge in [-0.2, -0.15) is 5.26 Å². The molecule has 68 valence electrons. The van der Waals surface area contributed by atoms with E-state index in [1.54, 1.807) is 24.3 Å². The maximum absolute atomic E-state index is 9.43. The summed E-state index contributed by atoms with van der Waals surface area (Å²) in [6.07, 6.45) is 0. The van der Waals surface area contributed by atoms with Crippen molar-refractivity contribution in [1.29, 1.82) is 5.26 Å². The highest BCUT2D eigenvalue weighted by Crippen LogP contribution is 2.29. The van der Waals surface area contributed by atoms with Crippen molar-refractivity contribution < 1.29 is 5.11 Å². The lowest BCUT2D eigenvalue weighted by Gasteiger charge is -2.01. The maximum atomic E-state index is 9.43. The summed E-state index contributed by atoms with van der Waals surface area (Å²) in [6, 6.07) is 10.9. The van der Waals surface area contributed by atoms with Crippen LogP contribution in [-0.2, 0) is 0 Å². The quantitative estimate of drug-likeness (QED) is 0.778. The fourth-order valence-electron chi connectivity index (χ4n) is 1.33. The van der Waals surface area contributed by atoms with E-state index in [2.05, 4.69) is 22.0 Å². The van der Waals surface area contributed by atoms with E-state index in [0.717, 1.165) is 10.8 Å². The van der Waals surface area contributed by atoms with Crippen LogP contribution in [0.1, 0.15) is 5.56 Å². The fraction of sp³-hybridized carbons (Fsp3) is 0. The molecule has 2 aromatic rings. The van der Waals surface area contributed by atoms with Gasteiger partial charge in [0.2, 0.25) is 0 Å². The van der Waals surface area contributed by atoms with Crippen molar-refractivity contribution in [2.75, 3.05) is 0 Å². The minimum atomic E-state index is 0.210. The molecule has 0 heterocycles. The summed E-state index contributed by atoms with van der Waals surface area (Å²) in [4.78, 5) is 0. The summed E-state index contributed by atoms with van der Waals surface area (Å²) in [7, 11) is 0. The van der Waals surface area contributed by atoms with Gasteiger partial charge in [-0.3, -0.25) is 0 Å². The zero-order chi connectivity index (χ0) is 10.1. The molecule has 2 nitrogen and oxygen atoms in total. The third-order valence-corrected chi connectivity index (χ3v) is 2.67. The number of hydrogen-bond acceptors (Lipinski definition) is 2. The number of nitrogens with zero attached hydrogens (tertiary/aromatic N) is 1. The van der Waals surface area contributed by atoms with Crippen LogP contribution in [0.2, 0.25) is 0 Å². The number of phenols is 1. The third kappa shape index (κ3) is 1.45. The average Bonchev–Trinajstić information content (AvgIpc) is 2.19. The number of rotatable bonds is 0. The Balaban J connectivity index is 2.78. The molecule has 0 aliphatic rings. The largest absolute Gasteiger partial charge is 0.507 e. The molecule has 0 aromatic heterocycles. The van der Waals surface area contributed by atoms with Gasteiger partial charge in [-0.15, -0.1) is 0 Å². The first-order chi connectivity index (χ1) is 6.70. The van der Waals surface area contributed by atoms with Gasteiger partial charge in [-0.1, -0.05) is 6.07 Å². The van der Waals surface area contributed by atoms with Crippen LogP contribution in [0.5, 0.6) is 5.75 Å². The number of benzene rings is 2. The van der Waals surface area contributed by atoms with Gasteiger partial charge in [0.15, 0.2) is 0 Å². The topological polar surface area (TPSA) is 44.0 Å². The predicted octanol–water partition coefficient (Wildman–Crippen LogP) is 3.18. The van der Waals surface area contributed by atoms with E-state index in [-0.39, 0.29) is 5.75 Å². The SMILES string of the molecule is N#Cc1ccc2cc(O)c(Br)cc2c1. The monoisotopic (exact) mass is 247 g/mol. The Morgan fingerprint density at radius 1 is 1.14 bits per heavy atom. The van der Waals surface area contributed by atoms with Gasteiger partial charge in [-0.05, 0) is 51.0 Å². The fourth-order valence-corrected chi connectivity index (χ4v) is 1.69. The highest BCUT2D eigenvalue weighted by molar-refractivity contribution is 9.10. The molecule has 1 N–H and O–H groups in total. The summed E-state index contributed by atoms with van der Waals surface area (Å²) >= 11 is 3.23. The van der Waals surface area contributed by atoms with Crippen LogP contribution in [0.25, 0.3) is 10.8 Å². The molecular weight excluding hydrogens is 242 g/mol. The molecule has 0 saturated carbocycles. The minimum Gasteiger partial charge on any atom is -0.507 e. The predicted molar refractivity (Wildman–Crippen MR) is 58.0 cm³/mol. The van der Waals surface area contributed by atoms with Crippen molar-refractivity contribution >= 4 is 26.7 Å². The number of hydrogen-bond donors (Lipinski definition) is 1. The van der Waals surface area contributed by atoms with Gasteiger partial charge in [0.05, 0.1) is 16.1 Å². The van der Waals surface area contributed by atoms with Gasteiger partial charge in [0.1, 0.15) is 5.75 Å². The van der Waals surface area contributed by atoms with Crippen molar-refractivity contribution in [2.45, 2.75) is 0 Å². The number of halogens is 1. The first-order valence-corrected chi connectivity index (χ1v) is 4.82. The summed E-state index contributed by atoms with van der Waals surface area (Å²) in [5, 5.41) is 20.0. The number of fused-ring (bicyclic) bond motifs is 1. The minimum absolute atomic E-state index is 0.210. The van der Waals surface area contributed by atoms with E-state index in [1.165, 1.54) is 0 Å². The van der Waals surface area contributed by atoms with Gasteiger partial charge in [0.25, 0.3) is 0 Å². The molecule has 0 atom stereocenters. The van der Waals surface area contributed by atoms with Crippen molar-refractivity contribution in [1.82, 2.24) is 0 Å². The second kappa shape index (κ2) is 3.32. The Hall–Kier alpha value is -1.53. The van der Waals surface area contributed by atoms with Crippen LogP contribution >= 0.6 is 15.9 Å². The summed E-state index contributed by atoms with van der Waals surface area (Å²) < 4.78 is 0.639. The summed E-state index contributed by atoms with van der Waals surface area (Å²) in [5.41, 5.74) is 0.620. The van der Waals surface area contributed by atoms with Gasteiger partial charge >= 0.3 is 0 Å². The van der Waals surface area contributed by atoms with E-state index in [0.29, 0.717) is 10.0 Å². The Labute approximate surface area is 89.5 Å². The molecular formula is C11H6BrNO. The molecule has 0 aliphatic heterocycles. The van der Waals surface area contributed by atoms with E-state index in [1.807, 2.05) is 6.07 Å². The molecule has 2 aromatic carbocycles. The lowest BCUT2D eigenvalue weighted by atomic mass is 10.1. The Morgan fingerprint density at radius 2 is 1.93 bits per heavy atom. The van der Waals surface area contributed by atoms with Gasteiger partial charge in [0, 0.05) is 0 Å². The van der Waals surface area contributed by atoms with Crippen LogP contribution in [0, 0.1) is 11.3 Å². The smallest absolute Gasteiger partial charge is 0.130 e. The summed E-state index contributed by atoms with van der Waals surface area (Å²) in [5.74, 6) is 0.210. The van der Waals surface area contributed by atoms with Crippen LogP contribution in [0.3, 0.4) is 0 Å². The first-order valence-electron chi connectivity index (χ1n) is 4.03. The van der Waals surface area contributed by atoms with Crippen molar-refractivity contribution in [3.63, 3.8) is 0 Å². The van der Waals surface area contributed by atoms with Gasteiger partial charge < -0.3 is 5.11 Å². The lowest BCUT2D eigenvalue weighted by molar-refractivity contribution is 0.473. The van der Waals surface area contributed by atoms with E-state index >= 15 is 0 Å². The maximum Gasteiger partial charge on any atom is 0.130 e. The Bertz CT molecular complexity index is 543. The van der Waals surface area contributed by atoms with Crippen LogP contribution in [0.15, 0.2) is 34.8 Å². The molecule has 0 unspecified atom stereocenters. The van der Waals surface area contributed by atoms with Crippen molar-refractivity contribution in [3.8, 4) is 11.8 Å². The van der Waals surface area contributed by atoms with E-state index in [9.17, 15) is 5.11 Å². The molecule has 0 bridgehead atoms. The Morgan fingerprint density at radius 3 is 2.64 bits per heavy atom. The number of aromatic hydroxyl groups is 1. The van der Waals surface area contributed by atoms with Crippen molar-refractivity contribution in [3.05, 3.63) is 40.4 Å². The average molecular weight is 248 g/mol. The van der Waals surface area contributed by atoms with Gasteiger partial charge in [-0.25, -0.2) is 0 Å². The molecule has 0 aliphatic carbocycles. The highest BCUT2D eigenvalue weighted by Gasteiger charge is 2.01. The number of phenolic OH excluding ortho intramolecular Hbond substituents is 1. The highest BCUT2D eigenvalue weighted by atomic mass is 79.9. The first kappa shape index (κ1) is 9.04. The second-order valence-electron chi connectivity index (χ2n) is 2.98. The molecule has 0 spiro atoms. The molecule has 2 rings (SSSR count). The molecule has 0 fully saturated rings. The van der Waals surface area contributed by atoms with Crippen LogP contribution in [-0.4, -0.2) is 5.11 Å². The summed E-state index contributed by atoms with van der Waals surface area (Å²) in [6.45, 7) is 0. The van der Waals surface area contributed by atoms with Crippen LogP contribution < -0.4 is 0 Å². The number of nitriles is 1. The van der Waals surface area contributed by atoms with Crippen LogP contribution in [0.4, 0.5) is 0 Å². The standard InChI is InChI=1S/C11H6BrNO/c12-10-4-9-3-7(6-13)1-2-8(9)5-11(10)14/h1-5,14H. The zero-order valence-electron chi connectivity index (χ0n) is 7.16. The molecule has 0 amide bonds. The Kier molecular flexibility index (Phi) is 2.14. The molecule has 3 heteroatoms.